The average Bonchev–Trinajstić information content (AvgIpc) is 3.32. The minimum Gasteiger partial charge on any atom is -0.478 e. The standard InChI is InChI=1S/C34H33N3O3/c1-3-10-31-29(21-23-15-17-24(18-16-23)27-13-8-9-14-28(27)34(39)40)32-22-26(19-20-37(32)36-31)33(38)35-30(4-2)25-11-6-5-7-12-25/h5-9,11-20,22,30H,3-4,10,21H2,1-2H3,(H,35,38)(H,39,40). The molecular formula is C34H33N3O3. The zero-order chi connectivity index (χ0) is 28.1. The Labute approximate surface area is 234 Å². The van der Waals surface area contributed by atoms with Gasteiger partial charge in [-0.1, -0.05) is 93.1 Å². The van der Waals surface area contributed by atoms with Gasteiger partial charge in [0.2, 0.25) is 0 Å². The van der Waals surface area contributed by atoms with Gasteiger partial charge in [-0.3, -0.25) is 4.79 Å². The van der Waals surface area contributed by atoms with Crippen LogP contribution in [0.5, 0.6) is 0 Å². The number of nitrogens with zero attached hydrogens (tertiary/aromatic N) is 2. The Hall–Kier alpha value is -4.71. The highest BCUT2D eigenvalue weighted by molar-refractivity contribution is 5.96. The van der Waals surface area contributed by atoms with E-state index in [1.807, 2.05) is 89.6 Å². The van der Waals surface area contributed by atoms with E-state index >= 15 is 0 Å². The molecule has 2 N–H and O–H groups in total. The van der Waals surface area contributed by atoms with E-state index < -0.39 is 5.97 Å². The molecule has 6 nitrogen and oxygen atoms in total. The molecule has 0 aliphatic rings. The number of aryl methyl sites for hydroxylation is 1. The lowest BCUT2D eigenvalue weighted by Crippen LogP contribution is -2.28. The monoisotopic (exact) mass is 531 g/mol. The number of carbonyl (C=O) groups excluding carboxylic acids is 1. The molecule has 2 heterocycles. The van der Waals surface area contributed by atoms with Gasteiger partial charge in [0.25, 0.3) is 5.91 Å². The number of pyridine rings is 1. The van der Waals surface area contributed by atoms with Crippen LogP contribution in [0.1, 0.15) is 75.8 Å². The van der Waals surface area contributed by atoms with Crippen molar-refractivity contribution in [2.75, 3.05) is 0 Å². The fourth-order valence-corrected chi connectivity index (χ4v) is 5.19. The van der Waals surface area contributed by atoms with Crippen molar-refractivity contribution in [3.05, 3.63) is 131 Å². The summed E-state index contributed by atoms with van der Waals surface area (Å²) in [5.74, 6) is -1.05. The Bertz CT molecular complexity index is 1640. The number of benzene rings is 3. The number of aromatic nitrogens is 2. The molecule has 6 heteroatoms. The normalized spacial score (nSPS) is 11.8. The number of carbonyl (C=O) groups is 2. The van der Waals surface area contributed by atoms with Gasteiger partial charge in [-0.2, -0.15) is 5.10 Å². The van der Waals surface area contributed by atoms with Crippen LogP contribution >= 0.6 is 0 Å². The molecule has 40 heavy (non-hydrogen) atoms. The van der Waals surface area contributed by atoms with E-state index in [0.717, 1.165) is 52.7 Å². The van der Waals surface area contributed by atoms with Crippen LogP contribution in [0.2, 0.25) is 0 Å². The van der Waals surface area contributed by atoms with Gasteiger partial charge in [-0.25, -0.2) is 9.31 Å². The van der Waals surface area contributed by atoms with Crippen molar-refractivity contribution in [3.63, 3.8) is 0 Å². The van der Waals surface area contributed by atoms with Gasteiger partial charge in [0, 0.05) is 23.7 Å². The van der Waals surface area contributed by atoms with Gasteiger partial charge in [0.05, 0.1) is 22.8 Å². The molecule has 0 saturated heterocycles. The summed E-state index contributed by atoms with van der Waals surface area (Å²) in [7, 11) is 0. The SMILES string of the molecule is CCCc1nn2ccc(C(=O)NC(CC)c3ccccc3)cc2c1Cc1ccc(-c2ccccc2C(=O)O)cc1. The van der Waals surface area contributed by atoms with E-state index in [1.165, 1.54) is 0 Å². The summed E-state index contributed by atoms with van der Waals surface area (Å²) >= 11 is 0. The topological polar surface area (TPSA) is 83.7 Å². The number of nitrogens with one attached hydrogen (secondary N) is 1. The second kappa shape index (κ2) is 12.0. The van der Waals surface area contributed by atoms with Crippen LogP contribution in [0.4, 0.5) is 0 Å². The van der Waals surface area contributed by atoms with E-state index in [0.29, 0.717) is 17.5 Å². The van der Waals surface area contributed by atoms with Crippen LogP contribution in [0.25, 0.3) is 16.6 Å². The van der Waals surface area contributed by atoms with E-state index in [1.54, 1.807) is 12.1 Å². The number of rotatable bonds is 10. The second-order valence-corrected chi connectivity index (χ2v) is 9.99. The molecule has 0 radical (unpaired) electrons. The highest BCUT2D eigenvalue weighted by atomic mass is 16.4. The van der Waals surface area contributed by atoms with Crippen LogP contribution in [0, 0.1) is 0 Å². The van der Waals surface area contributed by atoms with Crippen LogP contribution in [-0.2, 0) is 12.8 Å². The Balaban J connectivity index is 1.44. The Morgan fingerprint density at radius 3 is 2.35 bits per heavy atom. The number of hydrogen-bond acceptors (Lipinski definition) is 3. The van der Waals surface area contributed by atoms with Crippen molar-refractivity contribution in [1.29, 1.82) is 0 Å². The maximum absolute atomic E-state index is 13.3. The van der Waals surface area contributed by atoms with Gasteiger partial charge in [-0.05, 0) is 53.3 Å². The summed E-state index contributed by atoms with van der Waals surface area (Å²) in [6.45, 7) is 4.20. The van der Waals surface area contributed by atoms with Gasteiger partial charge < -0.3 is 10.4 Å². The number of fused-ring (bicyclic) bond motifs is 1. The van der Waals surface area contributed by atoms with Crippen molar-refractivity contribution in [3.8, 4) is 11.1 Å². The first-order valence-corrected chi connectivity index (χ1v) is 13.8. The summed E-state index contributed by atoms with van der Waals surface area (Å²) in [6, 6.07) is 28.8. The first-order valence-electron chi connectivity index (χ1n) is 13.8. The molecule has 0 saturated carbocycles. The smallest absolute Gasteiger partial charge is 0.336 e. The van der Waals surface area contributed by atoms with Crippen molar-refractivity contribution in [1.82, 2.24) is 14.9 Å². The first kappa shape index (κ1) is 26.9. The Morgan fingerprint density at radius 1 is 0.925 bits per heavy atom. The van der Waals surface area contributed by atoms with Gasteiger partial charge in [0.1, 0.15) is 0 Å². The lowest BCUT2D eigenvalue weighted by molar-refractivity contribution is 0.0697. The highest BCUT2D eigenvalue weighted by Crippen LogP contribution is 2.27. The number of aromatic carboxylic acids is 1. The molecule has 0 aliphatic carbocycles. The van der Waals surface area contributed by atoms with Gasteiger partial charge in [0.15, 0.2) is 0 Å². The highest BCUT2D eigenvalue weighted by Gasteiger charge is 2.18. The molecule has 0 spiro atoms. The summed E-state index contributed by atoms with van der Waals surface area (Å²) < 4.78 is 1.86. The van der Waals surface area contributed by atoms with E-state index in [2.05, 4.69) is 19.2 Å². The summed E-state index contributed by atoms with van der Waals surface area (Å²) in [4.78, 5) is 25.0. The quantitative estimate of drug-likeness (QED) is 0.201. The molecule has 202 valence electrons. The van der Waals surface area contributed by atoms with E-state index in [9.17, 15) is 14.7 Å². The predicted octanol–water partition coefficient (Wildman–Crippen LogP) is 7.12. The minimum absolute atomic E-state index is 0.0604. The average molecular weight is 532 g/mol. The third-order valence-corrected chi connectivity index (χ3v) is 7.29. The summed E-state index contributed by atoms with van der Waals surface area (Å²) in [5, 5.41) is 17.6. The molecule has 5 aromatic rings. The fraction of sp³-hybridized carbons (Fsp3) is 0.206. The third kappa shape index (κ3) is 5.66. The van der Waals surface area contributed by atoms with Crippen molar-refractivity contribution in [2.24, 2.45) is 0 Å². The molecule has 0 fully saturated rings. The molecule has 0 aliphatic heterocycles. The number of carboxylic acid groups (broad SMARTS) is 1. The number of carboxylic acids is 1. The zero-order valence-electron chi connectivity index (χ0n) is 22.8. The second-order valence-electron chi connectivity index (χ2n) is 9.99. The van der Waals surface area contributed by atoms with Crippen LogP contribution in [-0.4, -0.2) is 26.6 Å². The fourth-order valence-electron chi connectivity index (χ4n) is 5.19. The first-order chi connectivity index (χ1) is 19.5. The molecule has 1 unspecified atom stereocenters. The van der Waals surface area contributed by atoms with Gasteiger partial charge in [-0.15, -0.1) is 0 Å². The number of amides is 1. The largest absolute Gasteiger partial charge is 0.478 e. The van der Waals surface area contributed by atoms with Crippen molar-refractivity contribution < 1.29 is 14.7 Å². The maximum atomic E-state index is 13.3. The van der Waals surface area contributed by atoms with Gasteiger partial charge >= 0.3 is 5.97 Å². The lowest BCUT2D eigenvalue weighted by atomic mass is 9.96. The van der Waals surface area contributed by atoms with E-state index in [4.69, 9.17) is 5.10 Å². The maximum Gasteiger partial charge on any atom is 0.336 e. The zero-order valence-corrected chi connectivity index (χ0v) is 22.8. The van der Waals surface area contributed by atoms with Crippen molar-refractivity contribution in [2.45, 2.75) is 45.6 Å². The third-order valence-electron chi connectivity index (χ3n) is 7.29. The minimum atomic E-state index is -0.941. The molecule has 0 bridgehead atoms. The van der Waals surface area contributed by atoms with Crippen LogP contribution in [0.15, 0.2) is 97.2 Å². The summed E-state index contributed by atoms with van der Waals surface area (Å²) in [5.41, 5.74) is 7.67. The Morgan fingerprint density at radius 2 is 1.65 bits per heavy atom. The van der Waals surface area contributed by atoms with E-state index in [-0.39, 0.29) is 17.5 Å². The molecule has 1 amide bonds. The molecule has 3 aromatic carbocycles. The molecule has 2 aromatic heterocycles. The number of hydrogen-bond donors (Lipinski definition) is 2. The van der Waals surface area contributed by atoms with Crippen molar-refractivity contribution >= 4 is 17.4 Å². The lowest BCUT2D eigenvalue weighted by Gasteiger charge is -2.17. The molecule has 5 rings (SSSR count). The molecule has 1 atom stereocenters. The van der Waals surface area contributed by atoms with Crippen LogP contribution < -0.4 is 5.32 Å². The predicted molar refractivity (Wildman–Crippen MR) is 158 cm³/mol. The summed E-state index contributed by atoms with van der Waals surface area (Å²) in [6.07, 6.45) is 5.12. The molecular weight excluding hydrogens is 498 g/mol. The Kier molecular flexibility index (Phi) is 8.06. The van der Waals surface area contributed by atoms with Crippen LogP contribution in [0.3, 0.4) is 0 Å².